The Bertz CT molecular complexity index is 572. The molecule has 0 amide bonds. The van der Waals surface area contributed by atoms with Gasteiger partial charge in [-0.1, -0.05) is 0 Å². The molecule has 0 aliphatic carbocycles. The molecule has 0 unspecified atom stereocenters. The molecule has 1 aromatic carbocycles. The SMILES string of the molecule is N#Cc1ccc(NC(=S)Nc2cccnc2)cc1. The monoisotopic (exact) mass is 254 g/mol. The quantitative estimate of drug-likeness (QED) is 0.807. The number of nitriles is 1. The zero-order valence-corrected chi connectivity index (χ0v) is 10.2. The molecular formula is C13H10N4S. The van der Waals surface area contributed by atoms with Crippen LogP contribution in [-0.2, 0) is 0 Å². The van der Waals surface area contributed by atoms with E-state index >= 15 is 0 Å². The van der Waals surface area contributed by atoms with Crippen LogP contribution in [0.2, 0.25) is 0 Å². The Balaban J connectivity index is 1.97. The Labute approximate surface area is 110 Å². The molecule has 0 aliphatic heterocycles. The number of hydrogen-bond donors (Lipinski definition) is 2. The van der Waals surface area contributed by atoms with Crippen molar-refractivity contribution in [3.05, 3.63) is 54.4 Å². The number of nitrogens with zero attached hydrogens (tertiary/aromatic N) is 2. The van der Waals surface area contributed by atoms with Crippen molar-refractivity contribution in [2.24, 2.45) is 0 Å². The summed E-state index contributed by atoms with van der Waals surface area (Å²) in [5.74, 6) is 0. The lowest BCUT2D eigenvalue weighted by Gasteiger charge is -2.09. The smallest absolute Gasteiger partial charge is 0.175 e. The summed E-state index contributed by atoms with van der Waals surface area (Å²) in [6.07, 6.45) is 3.38. The van der Waals surface area contributed by atoms with Gasteiger partial charge in [0.1, 0.15) is 0 Å². The number of hydrogen-bond acceptors (Lipinski definition) is 3. The molecule has 1 heterocycles. The van der Waals surface area contributed by atoms with Gasteiger partial charge >= 0.3 is 0 Å². The van der Waals surface area contributed by atoms with E-state index in [0.717, 1.165) is 11.4 Å². The first-order valence-corrected chi connectivity index (χ1v) is 5.67. The summed E-state index contributed by atoms with van der Waals surface area (Å²) in [4.78, 5) is 3.98. The summed E-state index contributed by atoms with van der Waals surface area (Å²) in [5.41, 5.74) is 2.27. The molecule has 1 aromatic heterocycles. The molecule has 0 radical (unpaired) electrons. The molecule has 0 saturated carbocycles. The van der Waals surface area contributed by atoms with E-state index < -0.39 is 0 Å². The van der Waals surface area contributed by atoms with E-state index in [2.05, 4.69) is 21.7 Å². The molecule has 18 heavy (non-hydrogen) atoms. The molecule has 0 saturated heterocycles. The number of anilines is 2. The van der Waals surface area contributed by atoms with Crippen molar-refractivity contribution < 1.29 is 0 Å². The zero-order chi connectivity index (χ0) is 12.8. The Kier molecular flexibility index (Phi) is 3.84. The fourth-order valence-corrected chi connectivity index (χ4v) is 1.59. The number of pyridine rings is 1. The molecule has 0 spiro atoms. The van der Waals surface area contributed by atoms with Crippen molar-refractivity contribution >= 4 is 28.7 Å². The lowest BCUT2D eigenvalue weighted by Crippen LogP contribution is -2.19. The second-order valence-corrected chi connectivity index (χ2v) is 3.92. The van der Waals surface area contributed by atoms with E-state index in [1.807, 2.05) is 12.1 Å². The van der Waals surface area contributed by atoms with Crippen LogP contribution in [-0.4, -0.2) is 10.1 Å². The first-order chi connectivity index (χ1) is 8.78. The molecule has 2 N–H and O–H groups in total. The summed E-state index contributed by atoms with van der Waals surface area (Å²) < 4.78 is 0. The van der Waals surface area contributed by atoms with Gasteiger partial charge in [0, 0.05) is 11.9 Å². The molecule has 0 bridgehead atoms. The summed E-state index contributed by atoms with van der Waals surface area (Å²) in [6.45, 7) is 0. The Morgan fingerprint density at radius 1 is 1.11 bits per heavy atom. The summed E-state index contributed by atoms with van der Waals surface area (Å²) in [7, 11) is 0. The van der Waals surface area contributed by atoms with Gasteiger partial charge in [-0.3, -0.25) is 4.98 Å². The average molecular weight is 254 g/mol. The standard InChI is InChI=1S/C13H10N4S/c14-8-10-3-5-11(6-4-10)16-13(18)17-12-2-1-7-15-9-12/h1-7,9H,(H2,16,17,18). The van der Waals surface area contributed by atoms with Crippen LogP contribution >= 0.6 is 12.2 Å². The maximum Gasteiger partial charge on any atom is 0.175 e. The Hall–Kier alpha value is -2.45. The lowest BCUT2D eigenvalue weighted by atomic mass is 10.2. The van der Waals surface area contributed by atoms with Crippen molar-refractivity contribution in [3.63, 3.8) is 0 Å². The number of thiocarbonyl (C=S) groups is 1. The first-order valence-electron chi connectivity index (χ1n) is 5.26. The van der Waals surface area contributed by atoms with E-state index in [1.165, 1.54) is 0 Å². The van der Waals surface area contributed by atoms with Crippen LogP contribution in [0.15, 0.2) is 48.8 Å². The maximum atomic E-state index is 8.69. The Morgan fingerprint density at radius 3 is 2.44 bits per heavy atom. The van der Waals surface area contributed by atoms with Gasteiger partial charge in [-0.25, -0.2) is 0 Å². The van der Waals surface area contributed by atoms with Crippen LogP contribution in [0.1, 0.15) is 5.56 Å². The highest BCUT2D eigenvalue weighted by Crippen LogP contribution is 2.10. The largest absolute Gasteiger partial charge is 0.332 e. The van der Waals surface area contributed by atoms with Crippen LogP contribution in [0, 0.1) is 11.3 Å². The molecule has 4 nitrogen and oxygen atoms in total. The average Bonchev–Trinajstić information content (AvgIpc) is 2.40. The van der Waals surface area contributed by atoms with E-state index in [1.54, 1.807) is 36.7 Å². The summed E-state index contributed by atoms with van der Waals surface area (Å²) in [5, 5.41) is 15.2. The normalized spacial score (nSPS) is 9.28. The van der Waals surface area contributed by atoms with Crippen LogP contribution in [0.25, 0.3) is 0 Å². The zero-order valence-electron chi connectivity index (χ0n) is 9.42. The minimum Gasteiger partial charge on any atom is -0.332 e. The minimum absolute atomic E-state index is 0.479. The number of aromatic nitrogens is 1. The van der Waals surface area contributed by atoms with Gasteiger partial charge in [0.05, 0.1) is 23.5 Å². The molecule has 2 aromatic rings. The predicted molar refractivity (Wildman–Crippen MR) is 75.2 cm³/mol. The summed E-state index contributed by atoms with van der Waals surface area (Å²) >= 11 is 5.16. The van der Waals surface area contributed by atoms with Crippen LogP contribution in [0.3, 0.4) is 0 Å². The van der Waals surface area contributed by atoms with Crippen molar-refractivity contribution in [1.29, 1.82) is 5.26 Å². The maximum absolute atomic E-state index is 8.69. The van der Waals surface area contributed by atoms with Gasteiger partial charge < -0.3 is 10.6 Å². The van der Waals surface area contributed by atoms with E-state index in [9.17, 15) is 0 Å². The molecule has 0 aliphatic rings. The van der Waals surface area contributed by atoms with Gasteiger partial charge in [0.2, 0.25) is 0 Å². The molecule has 2 rings (SSSR count). The lowest BCUT2D eigenvalue weighted by molar-refractivity contribution is 1.33. The van der Waals surface area contributed by atoms with Crippen LogP contribution in [0.4, 0.5) is 11.4 Å². The second kappa shape index (κ2) is 5.75. The molecular weight excluding hydrogens is 244 g/mol. The number of rotatable bonds is 2. The van der Waals surface area contributed by atoms with Gasteiger partial charge in [-0.05, 0) is 48.6 Å². The third kappa shape index (κ3) is 3.27. The minimum atomic E-state index is 0.479. The number of nitrogens with one attached hydrogen (secondary N) is 2. The van der Waals surface area contributed by atoms with Crippen LogP contribution < -0.4 is 10.6 Å². The van der Waals surface area contributed by atoms with Crippen molar-refractivity contribution in [3.8, 4) is 6.07 Å². The topological polar surface area (TPSA) is 60.7 Å². The van der Waals surface area contributed by atoms with E-state index in [-0.39, 0.29) is 0 Å². The third-order valence-corrected chi connectivity index (χ3v) is 2.40. The molecule has 5 heteroatoms. The fourth-order valence-electron chi connectivity index (χ4n) is 1.36. The van der Waals surface area contributed by atoms with Gasteiger partial charge in [0.25, 0.3) is 0 Å². The first kappa shape index (κ1) is 12.0. The molecule has 0 fully saturated rings. The van der Waals surface area contributed by atoms with Gasteiger partial charge in [-0.2, -0.15) is 5.26 Å². The van der Waals surface area contributed by atoms with Crippen molar-refractivity contribution in [1.82, 2.24) is 4.98 Å². The fraction of sp³-hybridized carbons (Fsp3) is 0. The highest BCUT2D eigenvalue weighted by atomic mass is 32.1. The summed E-state index contributed by atoms with van der Waals surface area (Å²) in [6, 6.07) is 12.8. The second-order valence-electron chi connectivity index (χ2n) is 3.51. The van der Waals surface area contributed by atoms with Crippen molar-refractivity contribution in [2.45, 2.75) is 0 Å². The molecule has 0 atom stereocenters. The Morgan fingerprint density at radius 2 is 1.83 bits per heavy atom. The van der Waals surface area contributed by atoms with Crippen molar-refractivity contribution in [2.75, 3.05) is 10.6 Å². The van der Waals surface area contributed by atoms with Gasteiger partial charge in [-0.15, -0.1) is 0 Å². The van der Waals surface area contributed by atoms with E-state index in [4.69, 9.17) is 17.5 Å². The van der Waals surface area contributed by atoms with Gasteiger partial charge in [0.15, 0.2) is 5.11 Å². The predicted octanol–water partition coefficient (Wildman–Crippen LogP) is 2.76. The highest BCUT2D eigenvalue weighted by molar-refractivity contribution is 7.80. The van der Waals surface area contributed by atoms with E-state index in [0.29, 0.717) is 10.7 Å². The number of benzene rings is 1. The molecule has 88 valence electrons. The third-order valence-electron chi connectivity index (χ3n) is 2.19. The van der Waals surface area contributed by atoms with Crippen LogP contribution in [0.5, 0.6) is 0 Å². The highest BCUT2D eigenvalue weighted by Gasteiger charge is 1.98.